The first-order chi connectivity index (χ1) is 15.4. The van der Waals surface area contributed by atoms with Gasteiger partial charge in [-0.15, -0.1) is 0 Å². The van der Waals surface area contributed by atoms with Gasteiger partial charge in [0, 0.05) is 5.56 Å². The molecule has 2 aromatic carbocycles. The van der Waals surface area contributed by atoms with Crippen LogP contribution in [0, 0.1) is 4.77 Å². The summed E-state index contributed by atoms with van der Waals surface area (Å²) in [5.41, 5.74) is 8.41. The van der Waals surface area contributed by atoms with Gasteiger partial charge in [0.15, 0.2) is 0 Å². The van der Waals surface area contributed by atoms with Crippen LogP contribution in [0.25, 0.3) is 0 Å². The molecule has 1 aromatic heterocycles. The maximum Gasteiger partial charge on any atom is 0.338 e. The van der Waals surface area contributed by atoms with Gasteiger partial charge < -0.3 is 15.2 Å². The number of rotatable bonds is 4. The van der Waals surface area contributed by atoms with E-state index in [0.717, 1.165) is 5.56 Å². The van der Waals surface area contributed by atoms with Crippen molar-refractivity contribution in [3.8, 4) is 5.88 Å². The summed E-state index contributed by atoms with van der Waals surface area (Å²) in [6.45, 7) is 3.60. The molecule has 0 fully saturated rings. The molecule has 1 aliphatic heterocycles. The fourth-order valence-electron chi connectivity index (χ4n) is 3.78. The zero-order valence-electron chi connectivity index (χ0n) is 17.6. The van der Waals surface area contributed by atoms with Gasteiger partial charge in [0.1, 0.15) is 11.6 Å². The van der Waals surface area contributed by atoms with E-state index >= 15 is 0 Å². The van der Waals surface area contributed by atoms with Crippen LogP contribution in [0.3, 0.4) is 0 Å². The number of nitrogens with zero attached hydrogens (tertiary/aromatic N) is 2. The van der Waals surface area contributed by atoms with Crippen molar-refractivity contribution in [2.75, 3.05) is 12.3 Å². The Kier molecular flexibility index (Phi) is 5.87. The molecule has 0 saturated heterocycles. The van der Waals surface area contributed by atoms with Crippen molar-refractivity contribution in [2.45, 2.75) is 19.8 Å². The molecule has 0 unspecified atom stereocenters. The van der Waals surface area contributed by atoms with Gasteiger partial charge >= 0.3 is 5.97 Å². The van der Waals surface area contributed by atoms with Gasteiger partial charge in [0.25, 0.3) is 5.91 Å². The van der Waals surface area contributed by atoms with Crippen molar-refractivity contribution >= 4 is 29.9 Å². The number of hydrogen-bond donors (Lipinski definition) is 1. The van der Waals surface area contributed by atoms with Gasteiger partial charge in [-0.25, -0.2) is 9.36 Å². The van der Waals surface area contributed by atoms with Crippen LogP contribution in [-0.4, -0.2) is 28.0 Å². The molecule has 0 aliphatic carbocycles. The van der Waals surface area contributed by atoms with Crippen LogP contribution < -0.4 is 10.5 Å². The third-order valence-electron chi connectivity index (χ3n) is 5.19. The predicted octanol–water partition coefficient (Wildman–Crippen LogP) is 4.24. The molecule has 0 radical (unpaired) electrons. The second-order valence-electron chi connectivity index (χ2n) is 7.14. The molecule has 7 nitrogen and oxygen atoms in total. The van der Waals surface area contributed by atoms with E-state index < -0.39 is 17.8 Å². The number of aromatic nitrogens is 2. The summed E-state index contributed by atoms with van der Waals surface area (Å²) >= 11 is 5.38. The summed E-state index contributed by atoms with van der Waals surface area (Å²) in [6, 6.07) is 18.0. The minimum atomic E-state index is -0.642. The minimum absolute atomic E-state index is 0.0331. The number of allylic oxidation sites excluding steroid dienone is 1. The van der Waals surface area contributed by atoms with E-state index in [-0.39, 0.29) is 23.1 Å². The fraction of sp³-hybridized carbons (Fsp3) is 0.167. The average Bonchev–Trinajstić information content (AvgIpc) is 2.79. The summed E-state index contributed by atoms with van der Waals surface area (Å²) < 4.78 is 12.3. The van der Waals surface area contributed by atoms with Crippen LogP contribution in [0.15, 0.2) is 72.0 Å². The van der Waals surface area contributed by atoms with Crippen LogP contribution in [0.2, 0.25) is 0 Å². The lowest BCUT2D eigenvalue weighted by Gasteiger charge is -2.30. The Morgan fingerprint density at radius 1 is 1.12 bits per heavy atom. The molecule has 162 valence electrons. The number of benzene rings is 2. The number of carbonyl (C=O) groups is 2. The van der Waals surface area contributed by atoms with Gasteiger partial charge in [-0.05, 0) is 43.8 Å². The van der Waals surface area contributed by atoms with Crippen LogP contribution >= 0.6 is 12.2 Å². The molecule has 1 atom stereocenters. The van der Waals surface area contributed by atoms with Crippen LogP contribution in [-0.2, 0) is 9.53 Å². The number of esters is 1. The second kappa shape index (κ2) is 8.76. The second-order valence-corrected chi connectivity index (χ2v) is 7.51. The maximum absolute atomic E-state index is 13.2. The lowest BCUT2D eigenvalue weighted by Crippen LogP contribution is -2.28. The van der Waals surface area contributed by atoms with Gasteiger partial charge in [-0.3, -0.25) is 4.79 Å². The third kappa shape index (κ3) is 3.69. The lowest BCUT2D eigenvalue weighted by molar-refractivity contribution is -0.139. The highest BCUT2D eigenvalue weighted by Crippen LogP contribution is 2.45. The monoisotopic (exact) mass is 447 g/mol. The van der Waals surface area contributed by atoms with Gasteiger partial charge in [-0.2, -0.15) is 4.98 Å². The van der Waals surface area contributed by atoms with E-state index in [1.54, 1.807) is 38.1 Å². The lowest BCUT2D eigenvalue weighted by atomic mass is 9.83. The first kappa shape index (κ1) is 21.5. The van der Waals surface area contributed by atoms with E-state index in [1.165, 1.54) is 4.57 Å². The standard InChI is InChI=1S/C24H21N3O4S/c1-3-30-23(29)17-14(2)31-21-19(18(17)15-10-6-4-7-11-15)20(25)27(24(32)26-21)22(28)16-12-8-5-9-13-16/h4-13,18H,3,25H2,1-2H3/t18-/m0/s1. The zero-order valence-corrected chi connectivity index (χ0v) is 18.4. The van der Waals surface area contributed by atoms with Crippen molar-refractivity contribution in [3.63, 3.8) is 0 Å². The van der Waals surface area contributed by atoms with Crippen molar-refractivity contribution < 1.29 is 19.1 Å². The van der Waals surface area contributed by atoms with Crippen molar-refractivity contribution in [1.82, 2.24) is 9.55 Å². The normalized spacial score (nSPS) is 15.0. The van der Waals surface area contributed by atoms with Gasteiger partial charge in [0.05, 0.1) is 23.7 Å². The molecule has 2 N–H and O–H groups in total. The highest BCUT2D eigenvalue weighted by molar-refractivity contribution is 7.71. The number of ether oxygens (including phenoxy) is 2. The summed E-state index contributed by atoms with van der Waals surface area (Å²) in [6.07, 6.45) is 0. The predicted molar refractivity (Wildman–Crippen MR) is 122 cm³/mol. The Morgan fingerprint density at radius 2 is 1.75 bits per heavy atom. The molecule has 4 rings (SSSR count). The smallest absolute Gasteiger partial charge is 0.338 e. The highest BCUT2D eigenvalue weighted by Gasteiger charge is 2.38. The van der Waals surface area contributed by atoms with Gasteiger partial charge in [0.2, 0.25) is 10.7 Å². The summed E-state index contributed by atoms with van der Waals surface area (Å²) in [5, 5.41) is 0. The molecule has 32 heavy (non-hydrogen) atoms. The topological polar surface area (TPSA) is 96.4 Å². The Labute approximate surface area is 190 Å². The number of anilines is 1. The number of nitrogens with two attached hydrogens (primary N) is 1. The van der Waals surface area contributed by atoms with Gasteiger partial charge in [-0.1, -0.05) is 48.5 Å². The van der Waals surface area contributed by atoms with Crippen molar-refractivity contribution in [2.24, 2.45) is 0 Å². The number of carbonyl (C=O) groups excluding carboxylic acids is 2. The first-order valence-electron chi connectivity index (χ1n) is 10.1. The average molecular weight is 448 g/mol. The summed E-state index contributed by atoms with van der Waals surface area (Å²) in [7, 11) is 0. The summed E-state index contributed by atoms with van der Waals surface area (Å²) in [5.74, 6) is -0.998. The van der Waals surface area contributed by atoms with E-state index in [0.29, 0.717) is 22.5 Å². The zero-order chi connectivity index (χ0) is 22.8. The molecule has 3 aromatic rings. The molecular formula is C24H21N3O4S. The maximum atomic E-state index is 13.2. The fourth-order valence-corrected chi connectivity index (χ4v) is 4.05. The van der Waals surface area contributed by atoms with E-state index in [1.807, 2.05) is 36.4 Å². The third-order valence-corrected chi connectivity index (χ3v) is 5.47. The minimum Gasteiger partial charge on any atom is -0.463 e. The quantitative estimate of drug-likeness (QED) is 0.472. The van der Waals surface area contributed by atoms with E-state index in [4.69, 9.17) is 27.4 Å². The molecule has 0 spiro atoms. The molecule has 2 heterocycles. The Bertz CT molecular complexity index is 1280. The number of hydrogen-bond acceptors (Lipinski definition) is 7. The summed E-state index contributed by atoms with van der Waals surface area (Å²) in [4.78, 5) is 30.5. The van der Waals surface area contributed by atoms with Crippen molar-refractivity contribution in [1.29, 1.82) is 0 Å². The number of fused-ring (bicyclic) bond motifs is 1. The largest absolute Gasteiger partial charge is 0.463 e. The van der Waals surface area contributed by atoms with Crippen LogP contribution in [0.4, 0.5) is 5.82 Å². The Hall–Kier alpha value is -3.78. The van der Waals surface area contributed by atoms with E-state index in [9.17, 15) is 9.59 Å². The van der Waals surface area contributed by atoms with Crippen LogP contribution in [0.1, 0.15) is 41.3 Å². The first-order valence-corrected chi connectivity index (χ1v) is 10.5. The molecule has 0 amide bonds. The number of nitrogen functional groups attached to an aromatic ring is 1. The molecule has 0 saturated carbocycles. The Balaban J connectivity index is 1.97. The molecule has 8 heteroatoms. The van der Waals surface area contributed by atoms with Crippen molar-refractivity contribution in [3.05, 3.63) is 93.5 Å². The van der Waals surface area contributed by atoms with Crippen LogP contribution in [0.5, 0.6) is 5.88 Å². The highest BCUT2D eigenvalue weighted by atomic mass is 32.1. The molecule has 1 aliphatic rings. The molecule has 0 bridgehead atoms. The Morgan fingerprint density at radius 3 is 2.38 bits per heavy atom. The van der Waals surface area contributed by atoms with E-state index in [2.05, 4.69) is 4.98 Å². The SMILES string of the molecule is CCOC(=O)C1=C(C)Oc2nc(=S)n(C(=O)c3ccccc3)c(N)c2[C@H]1c1ccccc1. The molecular weight excluding hydrogens is 426 g/mol.